The van der Waals surface area contributed by atoms with E-state index < -0.39 is 0 Å². The summed E-state index contributed by atoms with van der Waals surface area (Å²) < 4.78 is 28.2. The number of hydrogen-bond acceptors (Lipinski definition) is 6. The molecule has 6 nitrogen and oxygen atoms in total. The average molecular weight is 385 g/mol. The molecule has 0 spiro atoms. The van der Waals surface area contributed by atoms with Gasteiger partial charge >= 0.3 is 0 Å². The number of benzene rings is 3. The number of hydrogen-bond donors (Lipinski definition) is 1. The minimum atomic E-state index is 0.589. The molecule has 150 valence electrons. The number of methoxy groups -OCH3 is 5. The zero-order valence-corrected chi connectivity index (χ0v) is 17.3. The van der Waals surface area contributed by atoms with Crippen LogP contribution in [0.25, 0.3) is 21.5 Å². The topological polar surface area (TPSA) is 58.2 Å². The van der Waals surface area contributed by atoms with E-state index in [0.717, 1.165) is 40.1 Å². The maximum Gasteiger partial charge on any atom is 0.204 e. The molecule has 28 heavy (non-hydrogen) atoms. The molecule has 3 aromatic rings. The van der Waals surface area contributed by atoms with Crippen molar-refractivity contribution in [2.75, 3.05) is 49.1 Å². The van der Waals surface area contributed by atoms with E-state index >= 15 is 0 Å². The van der Waals surface area contributed by atoms with Gasteiger partial charge in [0.05, 0.1) is 35.5 Å². The Morgan fingerprint density at radius 1 is 0.714 bits per heavy atom. The van der Waals surface area contributed by atoms with Gasteiger partial charge in [0.2, 0.25) is 5.75 Å². The summed E-state index contributed by atoms with van der Waals surface area (Å²) in [5.74, 6) is 3.27. The van der Waals surface area contributed by atoms with Crippen LogP contribution in [0.15, 0.2) is 24.3 Å². The van der Waals surface area contributed by atoms with Crippen LogP contribution in [0.5, 0.6) is 28.7 Å². The normalized spacial score (nSPS) is 10.9. The maximum absolute atomic E-state index is 5.80. The monoisotopic (exact) mass is 385 g/mol. The van der Waals surface area contributed by atoms with Gasteiger partial charge in [-0.25, -0.2) is 0 Å². The van der Waals surface area contributed by atoms with Crippen molar-refractivity contribution in [2.45, 2.75) is 6.42 Å². The van der Waals surface area contributed by atoms with Crippen LogP contribution in [0, 0.1) is 0 Å². The van der Waals surface area contributed by atoms with E-state index in [0.29, 0.717) is 28.7 Å². The Labute approximate surface area is 165 Å². The standard InChI is InChI=1S/C22H27NO5/c1-23-10-9-15-14-8-7-13-11-17(24-2)18(25-3)12-16(13)19(14)21(27-5)22(28-6)20(15)26-4/h7-8,11-12,23H,9-10H2,1-6H3. The molecule has 0 unspecified atom stereocenters. The van der Waals surface area contributed by atoms with Gasteiger partial charge in [-0.2, -0.15) is 0 Å². The first-order valence-electron chi connectivity index (χ1n) is 9.08. The van der Waals surface area contributed by atoms with Gasteiger partial charge < -0.3 is 29.0 Å². The van der Waals surface area contributed by atoms with Gasteiger partial charge in [-0.05, 0) is 48.3 Å². The molecule has 0 aliphatic heterocycles. The molecule has 0 fully saturated rings. The van der Waals surface area contributed by atoms with Crippen molar-refractivity contribution in [3.63, 3.8) is 0 Å². The molecule has 0 atom stereocenters. The van der Waals surface area contributed by atoms with Crippen LogP contribution in [0.1, 0.15) is 5.56 Å². The van der Waals surface area contributed by atoms with E-state index in [4.69, 9.17) is 23.7 Å². The molecular weight excluding hydrogens is 358 g/mol. The Balaban J connectivity index is 2.51. The SMILES string of the molecule is CNCCc1c(OC)c(OC)c(OC)c2c1ccc1cc(OC)c(OC)cc12. The molecule has 0 aliphatic rings. The Morgan fingerprint density at radius 2 is 1.36 bits per heavy atom. The van der Waals surface area contributed by atoms with Gasteiger partial charge in [0.15, 0.2) is 23.0 Å². The first kappa shape index (κ1) is 19.9. The number of likely N-dealkylation sites (N-methyl/N-ethyl adjacent to an activating group) is 1. The number of nitrogens with one attached hydrogen (secondary N) is 1. The highest BCUT2D eigenvalue weighted by atomic mass is 16.5. The Hall–Kier alpha value is -2.86. The van der Waals surface area contributed by atoms with Crippen molar-refractivity contribution >= 4 is 21.5 Å². The van der Waals surface area contributed by atoms with Crippen molar-refractivity contribution in [3.05, 3.63) is 29.8 Å². The zero-order valence-electron chi connectivity index (χ0n) is 17.3. The number of rotatable bonds is 8. The van der Waals surface area contributed by atoms with Crippen LogP contribution in [-0.4, -0.2) is 49.1 Å². The first-order valence-corrected chi connectivity index (χ1v) is 9.08. The predicted octanol–water partition coefficient (Wildman–Crippen LogP) is 3.80. The third-order valence-electron chi connectivity index (χ3n) is 5.00. The molecule has 6 heteroatoms. The molecule has 0 bridgehead atoms. The Morgan fingerprint density at radius 3 is 1.93 bits per heavy atom. The van der Waals surface area contributed by atoms with Crippen LogP contribution >= 0.6 is 0 Å². The minimum Gasteiger partial charge on any atom is -0.493 e. The third kappa shape index (κ3) is 3.14. The molecule has 0 saturated heterocycles. The summed E-state index contributed by atoms with van der Waals surface area (Å²) in [5, 5.41) is 7.25. The van der Waals surface area contributed by atoms with Crippen molar-refractivity contribution in [1.29, 1.82) is 0 Å². The van der Waals surface area contributed by atoms with Crippen molar-refractivity contribution < 1.29 is 23.7 Å². The van der Waals surface area contributed by atoms with Gasteiger partial charge in [0.1, 0.15) is 0 Å². The van der Waals surface area contributed by atoms with Gasteiger partial charge in [-0.3, -0.25) is 0 Å². The molecule has 0 radical (unpaired) electrons. The molecule has 0 amide bonds. The molecule has 0 aliphatic carbocycles. The lowest BCUT2D eigenvalue weighted by Gasteiger charge is -2.21. The molecule has 3 rings (SSSR count). The van der Waals surface area contributed by atoms with E-state index in [1.165, 1.54) is 0 Å². The fourth-order valence-corrected chi connectivity index (χ4v) is 3.72. The molecular formula is C22H27NO5. The minimum absolute atomic E-state index is 0.589. The lowest BCUT2D eigenvalue weighted by molar-refractivity contribution is 0.325. The highest BCUT2D eigenvalue weighted by molar-refractivity contribution is 6.14. The maximum atomic E-state index is 5.80. The fraction of sp³-hybridized carbons (Fsp3) is 0.364. The molecule has 0 saturated carbocycles. The Kier molecular flexibility index (Phi) is 5.99. The van der Waals surface area contributed by atoms with Gasteiger partial charge in [0, 0.05) is 10.9 Å². The van der Waals surface area contributed by atoms with Crippen molar-refractivity contribution in [3.8, 4) is 28.7 Å². The summed E-state index contributed by atoms with van der Waals surface area (Å²) in [6.07, 6.45) is 0.787. The first-order chi connectivity index (χ1) is 13.6. The summed E-state index contributed by atoms with van der Waals surface area (Å²) >= 11 is 0. The summed E-state index contributed by atoms with van der Waals surface area (Å²) in [6, 6.07) is 8.12. The highest BCUT2D eigenvalue weighted by Gasteiger charge is 2.23. The van der Waals surface area contributed by atoms with Crippen LogP contribution in [0.3, 0.4) is 0 Å². The van der Waals surface area contributed by atoms with E-state index in [1.807, 2.05) is 19.2 Å². The summed E-state index contributed by atoms with van der Waals surface area (Å²) in [6.45, 7) is 0.810. The van der Waals surface area contributed by atoms with Gasteiger partial charge in [-0.15, -0.1) is 0 Å². The van der Waals surface area contributed by atoms with Crippen LogP contribution in [0.2, 0.25) is 0 Å². The number of ether oxygens (including phenoxy) is 5. The largest absolute Gasteiger partial charge is 0.493 e. The molecule has 0 aromatic heterocycles. The van der Waals surface area contributed by atoms with Gasteiger partial charge in [-0.1, -0.05) is 12.1 Å². The molecule has 3 aromatic carbocycles. The second-order valence-electron chi connectivity index (χ2n) is 6.35. The van der Waals surface area contributed by atoms with Gasteiger partial charge in [0.25, 0.3) is 0 Å². The van der Waals surface area contributed by atoms with E-state index in [9.17, 15) is 0 Å². The van der Waals surface area contributed by atoms with E-state index in [2.05, 4.69) is 17.4 Å². The third-order valence-corrected chi connectivity index (χ3v) is 5.00. The molecule has 0 heterocycles. The number of fused-ring (bicyclic) bond motifs is 3. The highest BCUT2D eigenvalue weighted by Crippen LogP contribution is 2.50. The van der Waals surface area contributed by atoms with E-state index in [-0.39, 0.29) is 0 Å². The second kappa shape index (κ2) is 8.44. The lowest BCUT2D eigenvalue weighted by Crippen LogP contribution is -2.12. The molecule has 1 N–H and O–H groups in total. The average Bonchev–Trinajstić information content (AvgIpc) is 2.74. The second-order valence-corrected chi connectivity index (χ2v) is 6.35. The summed E-state index contributed by atoms with van der Waals surface area (Å²) in [7, 11) is 10.1. The van der Waals surface area contributed by atoms with Crippen LogP contribution in [-0.2, 0) is 6.42 Å². The predicted molar refractivity (Wildman–Crippen MR) is 112 cm³/mol. The summed E-state index contributed by atoms with van der Waals surface area (Å²) in [5.41, 5.74) is 1.07. The summed E-state index contributed by atoms with van der Waals surface area (Å²) in [4.78, 5) is 0. The van der Waals surface area contributed by atoms with Crippen LogP contribution in [0.4, 0.5) is 0 Å². The quantitative estimate of drug-likeness (QED) is 0.595. The van der Waals surface area contributed by atoms with E-state index in [1.54, 1.807) is 35.5 Å². The van der Waals surface area contributed by atoms with Crippen LogP contribution < -0.4 is 29.0 Å². The smallest absolute Gasteiger partial charge is 0.204 e. The van der Waals surface area contributed by atoms with Crippen molar-refractivity contribution in [2.24, 2.45) is 0 Å². The Bertz CT molecular complexity index is 1000. The fourth-order valence-electron chi connectivity index (χ4n) is 3.72. The zero-order chi connectivity index (χ0) is 20.3. The van der Waals surface area contributed by atoms with Crippen molar-refractivity contribution in [1.82, 2.24) is 5.32 Å². The lowest BCUT2D eigenvalue weighted by atomic mass is 9.94.